The minimum absolute atomic E-state index is 0.0242. The van der Waals surface area contributed by atoms with Crippen LogP contribution >= 0.6 is 11.3 Å². The lowest BCUT2D eigenvalue weighted by atomic mass is 9.33. The Balaban J connectivity index is 1.05. The van der Waals surface area contributed by atoms with Gasteiger partial charge in [-0.15, -0.1) is 11.3 Å². The number of hydrogen-bond acceptors (Lipinski definition) is 5. The molecule has 0 radical (unpaired) electrons. The van der Waals surface area contributed by atoms with E-state index in [1.54, 1.807) is 0 Å². The fraction of sp³-hybridized carbons (Fsp3) is 0.341. The molecule has 0 saturated heterocycles. The number of hydrogen-bond donors (Lipinski definition) is 0. The van der Waals surface area contributed by atoms with Gasteiger partial charge in [-0.05, 0) is 178 Å². The highest BCUT2D eigenvalue weighted by Gasteiger charge is 2.60. The molecule has 2 saturated carbocycles. The molecule has 5 heterocycles. The highest BCUT2D eigenvalue weighted by Crippen LogP contribution is 2.64. The SMILES string of the molecule is CC(C)(C)c1ccc2c(c1)B1c3ccc(N4c5ccc(C(C)(C)C)cc5C5(C)CCCCC45C)cc3N(c3cccc4sc5ccccc5c34)c3cc(N4c5ccccc5C5(C)CCCCC45C)cc(c31)N2c1ccc(C(C)(C)C)cc1-c1ccccc1. The first-order chi connectivity index (χ1) is 42.0. The molecule has 0 N–H and O–H groups in total. The Kier molecular flexibility index (Phi) is 12.0. The van der Waals surface area contributed by atoms with Crippen LogP contribution < -0.4 is 36.0 Å². The molecule has 442 valence electrons. The Morgan fingerprint density at radius 1 is 0.386 bits per heavy atom. The van der Waals surface area contributed by atoms with E-state index in [-0.39, 0.29) is 44.9 Å². The van der Waals surface area contributed by atoms with E-state index in [0.29, 0.717) is 0 Å². The van der Waals surface area contributed by atoms with Gasteiger partial charge < -0.3 is 19.6 Å². The van der Waals surface area contributed by atoms with Crippen LogP contribution in [-0.2, 0) is 27.1 Å². The molecule has 2 fully saturated rings. The largest absolute Gasteiger partial charge is 0.334 e. The predicted octanol–water partition coefficient (Wildman–Crippen LogP) is 21.2. The minimum Gasteiger partial charge on any atom is -0.334 e. The molecular formula is C82H85BN4S. The van der Waals surface area contributed by atoms with Crippen molar-refractivity contribution in [3.05, 3.63) is 210 Å². The lowest BCUT2D eigenvalue weighted by molar-refractivity contribution is 0.195. The Labute approximate surface area is 528 Å². The molecule has 88 heavy (non-hydrogen) atoms. The summed E-state index contributed by atoms with van der Waals surface area (Å²) >= 11 is 1.92. The van der Waals surface area contributed by atoms with Crippen molar-refractivity contribution in [3.8, 4) is 11.1 Å². The number of anilines is 10. The van der Waals surface area contributed by atoms with Gasteiger partial charge >= 0.3 is 0 Å². The molecule has 16 rings (SSSR count). The predicted molar refractivity (Wildman–Crippen MR) is 381 cm³/mol. The highest BCUT2D eigenvalue weighted by molar-refractivity contribution is 7.26. The van der Waals surface area contributed by atoms with Crippen molar-refractivity contribution in [2.75, 3.05) is 19.6 Å². The number of benzene rings is 9. The molecule has 4 atom stereocenters. The van der Waals surface area contributed by atoms with E-state index in [0.717, 1.165) is 19.3 Å². The van der Waals surface area contributed by atoms with Crippen LogP contribution in [0.1, 0.15) is 169 Å². The van der Waals surface area contributed by atoms with Crippen molar-refractivity contribution in [1.82, 2.24) is 0 Å². The fourth-order valence-corrected chi connectivity index (χ4v) is 19.0. The van der Waals surface area contributed by atoms with Crippen LogP contribution in [0.4, 0.5) is 56.9 Å². The first kappa shape index (κ1) is 55.8. The summed E-state index contributed by atoms with van der Waals surface area (Å²) in [6.45, 7) is 31.7. The minimum atomic E-state index is -0.176. The van der Waals surface area contributed by atoms with Crippen molar-refractivity contribution in [2.24, 2.45) is 0 Å². The van der Waals surface area contributed by atoms with Gasteiger partial charge in [-0.1, -0.05) is 211 Å². The molecule has 0 amide bonds. The number of fused-ring (bicyclic) bond motifs is 13. The summed E-state index contributed by atoms with van der Waals surface area (Å²) in [5.74, 6) is 0. The summed E-state index contributed by atoms with van der Waals surface area (Å²) in [5, 5.41) is 2.62. The Bertz CT molecular complexity index is 4530. The molecule has 6 heteroatoms. The number of nitrogens with zero attached hydrogens (tertiary/aromatic N) is 4. The molecule has 6 aliphatic rings. The topological polar surface area (TPSA) is 13.0 Å². The van der Waals surface area contributed by atoms with Crippen molar-refractivity contribution in [2.45, 2.75) is 180 Å². The van der Waals surface area contributed by atoms with E-state index in [9.17, 15) is 0 Å². The molecule has 0 spiro atoms. The van der Waals surface area contributed by atoms with Gasteiger partial charge in [-0.25, -0.2) is 0 Å². The van der Waals surface area contributed by atoms with Crippen LogP contribution in [0.15, 0.2) is 182 Å². The Hall–Kier alpha value is -7.54. The normalized spacial score (nSPS) is 22.8. The van der Waals surface area contributed by atoms with Crippen molar-refractivity contribution in [3.63, 3.8) is 0 Å². The average Bonchev–Trinajstić information content (AvgIpc) is 1.49. The van der Waals surface area contributed by atoms with Gasteiger partial charge in [0.15, 0.2) is 0 Å². The quantitative estimate of drug-likeness (QED) is 0.159. The molecular weight excluding hydrogens is 1080 g/mol. The van der Waals surface area contributed by atoms with Gasteiger partial charge in [-0.2, -0.15) is 0 Å². The first-order valence-corrected chi connectivity index (χ1v) is 33.9. The van der Waals surface area contributed by atoms with E-state index >= 15 is 0 Å². The summed E-state index contributed by atoms with van der Waals surface area (Å²) < 4.78 is 2.63. The van der Waals surface area contributed by atoms with E-state index < -0.39 is 0 Å². The lowest BCUT2D eigenvalue weighted by Crippen LogP contribution is -2.62. The Morgan fingerprint density at radius 3 is 1.60 bits per heavy atom. The third-order valence-corrected chi connectivity index (χ3v) is 24.3. The molecule has 9 aromatic carbocycles. The van der Waals surface area contributed by atoms with Crippen LogP contribution in [0.5, 0.6) is 0 Å². The second kappa shape index (κ2) is 19.0. The van der Waals surface area contributed by atoms with Crippen LogP contribution in [0.2, 0.25) is 0 Å². The first-order valence-electron chi connectivity index (χ1n) is 33.0. The average molecular weight is 1170 g/mol. The molecule has 4 unspecified atom stereocenters. The molecule has 1 aromatic heterocycles. The smallest absolute Gasteiger partial charge is 0.252 e. The van der Waals surface area contributed by atoms with Gasteiger partial charge in [0.1, 0.15) is 0 Å². The second-order valence-electron chi connectivity index (χ2n) is 31.2. The maximum atomic E-state index is 2.84. The van der Waals surface area contributed by atoms with Crippen molar-refractivity contribution in [1.29, 1.82) is 0 Å². The van der Waals surface area contributed by atoms with Gasteiger partial charge in [0.2, 0.25) is 0 Å². The third kappa shape index (κ3) is 7.75. The zero-order valence-corrected chi connectivity index (χ0v) is 55.1. The highest BCUT2D eigenvalue weighted by atomic mass is 32.1. The molecule has 2 aliphatic carbocycles. The number of thiophene rings is 1. The lowest BCUT2D eigenvalue weighted by Gasteiger charge is -2.51. The van der Waals surface area contributed by atoms with Crippen LogP contribution in [0.3, 0.4) is 0 Å². The number of para-hydroxylation sites is 1. The number of rotatable bonds is 5. The maximum absolute atomic E-state index is 2.84. The standard InChI is InChI=1S/C82H85BN4S/c1-76(2,3)53-34-39-64(59(46-53)52-26-15-14-16-27-52)84-67-41-36-55(78(7,8)9)48-63(67)83-62-38-37-56(86-66-40-35-54(77(4,5)6)47-61(66)80(11)43-22-24-45-82(80,86)13)49-69(62)85(68-31-25-33-73-74(68)58-28-17-20-32-72(58)88-73)71-51-57(50-70(84)75(71)83)87-65-30-19-18-29-60(65)79(10)42-21-23-44-81(79,87)12/h14-20,25-41,46-51H,21-24,42-45H2,1-13H3. The van der Waals surface area contributed by atoms with E-state index in [2.05, 4.69) is 292 Å². The molecule has 0 bridgehead atoms. The van der Waals surface area contributed by atoms with Crippen LogP contribution in [-0.4, -0.2) is 17.8 Å². The van der Waals surface area contributed by atoms with Gasteiger partial charge in [0, 0.05) is 82.1 Å². The van der Waals surface area contributed by atoms with E-state index in [4.69, 9.17) is 0 Å². The summed E-state index contributed by atoms with van der Waals surface area (Å²) in [6, 6.07) is 72.6. The zero-order chi connectivity index (χ0) is 60.8. The van der Waals surface area contributed by atoms with Gasteiger partial charge in [-0.3, -0.25) is 0 Å². The molecule has 4 aliphatic heterocycles. The zero-order valence-electron chi connectivity index (χ0n) is 54.3. The molecule has 4 nitrogen and oxygen atoms in total. The third-order valence-electron chi connectivity index (χ3n) is 23.2. The summed E-state index contributed by atoms with van der Waals surface area (Å²) in [7, 11) is 0. The summed E-state index contributed by atoms with van der Waals surface area (Å²) in [4.78, 5) is 11.2. The van der Waals surface area contributed by atoms with Crippen molar-refractivity contribution < 1.29 is 0 Å². The van der Waals surface area contributed by atoms with Gasteiger partial charge in [0.25, 0.3) is 6.71 Å². The fourth-order valence-electron chi connectivity index (χ4n) is 17.9. The molecule has 10 aromatic rings. The van der Waals surface area contributed by atoms with Crippen LogP contribution in [0.25, 0.3) is 31.3 Å². The van der Waals surface area contributed by atoms with E-state index in [1.807, 2.05) is 11.3 Å². The van der Waals surface area contributed by atoms with E-state index in [1.165, 1.54) is 164 Å². The summed E-state index contributed by atoms with van der Waals surface area (Å²) in [5.41, 5.74) is 25.8. The van der Waals surface area contributed by atoms with Crippen molar-refractivity contribution >= 4 is 111 Å². The maximum Gasteiger partial charge on any atom is 0.252 e. The van der Waals surface area contributed by atoms with Crippen LogP contribution in [0, 0.1) is 0 Å². The summed E-state index contributed by atoms with van der Waals surface area (Å²) in [6.07, 6.45) is 9.51. The van der Waals surface area contributed by atoms with Gasteiger partial charge in [0.05, 0.1) is 22.5 Å². The second-order valence-corrected chi connectivity index (χ2v) is 32.2. The monoisotopic (exact) mass is 1170 g/mol. The Morgan fingerprint density at radius 2 is 0.909 bits per heavy atom.